The maximum absolute atomic E-state index is 11.3. The Morgan fingerprint density at radius 2 is 2.17 bits per heavy atom. The molecule has 0 unspecified atom stereocenters. The van der Waals surface area contributed by atoms with Gasteiger partial charge in [-0.1, -0.05) is 11.6 Å². The molecule has 2 heterocycles. The van der Waals surface area contributed by atoms with Crippen LogP contribution < -0.4 is 0 Å². The number of ether oxygens (including phenoxy) is 1. The lowest BCUT2D eigenvalue weighted by atomic mass is 10.2. The predicted molar refractivity (Wildman–Crippen MR) is 65.3 cm³/mol. The molecule has 0 fully saturated rings. The van der Waals surface area contributed by atoms with E-state index in [2.05, 4.69) is 19.8 Å². The third-order valence-electron chi connectivity index (χ3n) is 2.50. The molecule has 0 aliphatic heterocycles. The Kier molecular flexibility index (Phi) is 3.29. The van der Waals surface area contributed by atoms with Crippen molar-refractivity contribution in [2.75, 3.05) is 7.11 Å². The fraction of sp³-hybridized carbons (Fsp3) is 0.273. The van der Waals surface area contributed by atoms with E-state index in [0.717, 1.165) is 5.56 Å². The molecule has 0 atom stereocenters. The van der Waals surface area contributed by atoms with Crippen molar-refractivity contribution in [3.63, 3.8) is 0 Å². The number of aromatic nitrogens is 4. The van der Waals surface area contributed by atoms with Crippen molar-refractivity contribution in [3.8, 4) is 11.3 Å². The van der Waals surface area contributed by atoms with Crippen molar-refractivity contribution in [1.29, 1.82) is 0 Å². The van der Waals surface area contributed by atoms with Crippen LogP contribution in [0.3, 0.4) is 0 Å². The van der Waals surface area contributed by atoms with Crippen molar-refractivity contribution in [2.24, 2.45) is 7.05 Å². The summed E-state index contributed by atoms with van der Waals surface area (Å²) in [6.45, 7) is 1.77. The molecule has 0 aliphatic rings. The molecule has 7 heteroatoms. The Morgan fingerprint density at radius 1 is 1.44 bits per heavy atom. The molecular formula is C11H11ClN4O2. The molecule has 0 aliphatic carbocycles. The SMILES string of the molecule is COC(=O)c1ncc(-c2c(Cl)cnn2C)c(C)n1. The molecule has 0 amide bonds. The molecule has 0 saturated carbocycles. The summed E-state index contributed by atoms with van der Waals surface area (Å²) in [5.41, 5.74) is 2.08. The van der Waals surface area contributed by atoms with Crippen LogP contribution in [-0.4, -0.2) is 32.8 Å². The highest BCUT2D eigenvalue weighted by Gasteiger charge is 2.16. The highest BCUT2D eigenvalue weighted by atomic mass is 35.5. The Morgan fingerprint density at radius 3 is 2.67 bits per heavy atom. The minimum absolute atomic E-state index is 0.0250. The summed E-state index contributed by atoms with van der Waals surface area (Å²) in [6.07, 6.45) is 3.09. The molecular weight excluding hydrogens is 256 g/mol. The lowest BCUT2D eigenvalue weighted by Crippen LogP contribution is -2.09. The Bertz CT molecular complexity index is 590. The monoisotopic (exact) mass is 266 g/mol. The molecule has 0 bridgehead atoms. The van der Waals surface area contributed by atoms with Crippen molar-refractivity contribution >= 4 is 17.6 Å². The largest absolute Gasteiger partial charge is 0.463 e. The number of hydrogen-bond acceptors (Lipinski definition) is 5. The fourth-order valence-electron chi connectivity index (χ4n) is 1.60. The molecule has 2 aromatic rings. The van der Waals surface area contributed by atoms with Crippen LogP contribution in [-0.2, 0) is 11.8 Å². The number of carbonyl (C=O) groups excluding carboxylic acids is 1. The maximum Gasteiger partial charge on any atom is 0.376 e. The van der Waals surface area contributed by atoms with Gasteiger partial charge in [0.05, 0.1) is 29.7 Å². The zero-order chi connectivity index (χ0) is 13.3. The minimum Gasteiger partial charge on any atom is -0.463 e. The van der Waals surface area contributed by atoms with Crippen molar-refractivity contribution in [3.05, 3.63) is 28.9 Å². The summed E-state index contributed by atoms with van der Waals surface area (Å²) in [5.74, 6) is -0.544. The van der Waals surface area contributed by atoms with Crippen molar-refractivity contribution < 1.29 is 9.53 Å². The normalized spacial score (nSPS) is 10.4. The number of methoxy groups -OCH3 is 1. The van der Waals surface area contributed by atoms with Gasteiger partial charge in [-0.2, -0.15) is 5.10 Å². The van der Waals surface area contributed by atoms with Gasteiger partial charge < -0.3 is 4.74 Å². The molecule has 0 aromatic carbocycles. The number of rotatable bonds is 2. The first-order valence-electron chi connectivity index (χ1n) is 5.14. The van der Waals surface area contributed by atoms with Crippen LogP contribution in [0.15, 0.2) is 12.4 Å². The number of hydrogen-bond donors (Lipinski definition) is 0. The second kappa shape index (κ2) is 4.73. The van der Waals surface area contributed by atoms with Gasteiger partial charge in [0.1, 0.15) is 0 Å². The Hall–Kier alpha value is -1.95. The molecule has 0 spiro atoms. The van der Waals surface area contributed by atoms with Gasteiger partial charge in [0.25, 0.3) is 0 Å². The summed E-state index contributed by atoms with van der Waals surface area (Å²) in [5, 5.41) is 4.55. The van der Waals surface area contributed by atoms with Crippen LogP contribution in [0, 0.1) is 6.92 Å². The third-order valence-corrected chi connectivity index (χ3v) is 2.77. The zero-order valence-electron chi connectivity index (χ0n) is 10.1. The highest BCUT2D eigenvalue weighted by molar-refractivity contribution is 6.33. The molecule has 0 radical (unpaired) electrons. The topological polar surface area (TPSA) is 69.9 Å². The van der Waals surface area contributed by atoms with Crippen LogP contribution in [0.1, 0.15) is 16.3 Å². The smallest absolute Gasteiger partial charge is 0.376 e. The second-order valence-corrected chi connectivity index (χ2v) is 4.06. The quantitative estimate of drug-likeness (QED) is 0.773. The second-order valence-electron chi connectivity index (χ2n) is 3.65. The van der Waals surface area contributed by atoms with E-state index in [0.29, 0.717) is 16.4 Å². The first-order chi connectivity index (χ1) is 8.54. The molecule has 2 aromatic heterocycles. The molecule has 94 valence electrons. The van der Waals surface area contributed by atoms with E-state index in [1.807, 2.05) is 0 Å². The summed E-state index contributed by atoms with van der Waals surface area (Å²) in [4.78, 5) is 19.4. The lowest BCUT2D eigenvalue weighted by Gasteiger charge is -2.07. The van der Waals surface area contributed by atoms with E-state index in [1.54, 1.807) is 24.9 Å². The first-order valence-corrected chi connectivity index (χ1v) is 5.52. The average molecular weight is 267 g/mol. The van der Waals surface area contributed by atoms with Crippen LogP contribution in [0.5, 0.6) is 0 Å². The molecule has 0 N–H and O–H groups in total. The number of esters is 1. The van der Waals surface area contributed by atoms with Gasteiger partial charge in [-0.25, -0.2) is 14.8 Å². The van der Waals surface area contributed by atoms with E-state index >= 15 is 0 Å². The molecule has 18 heavy (non-hydrogen) atoms. The highest BCUT2D eigenvalue weighted by Crippen LogP contribution is 2.28. The van der Waals surface area contributed by atoms with Gasteiger partial charge in [-0.3, -0.25) is 4.68 Å². The zero-order valence-corrected chi connectivity index (χ0v) is 10.9. The van der Waals surface area contributed by atoms with Crippen LogP contribution in [0.25, 0.3) is 11.3 Å². The summed E-state index contributed by atoms with van der Waals surface area (Å²) in [7, 11) is 3.06. The van der Waals surface area contributed by atoms with Gasteiger partial charge in [0, 0.05) is 18.8 Å². The number of halogens is 1. The third kappa shape index (κ3) is 2.06. The summed E-state index contributed by atoms with van der Waals surface area (Å²) in [6, 6.07) is 0. The number of nitrogens with zero attached hydrogens (tertiary/aromatic N) is 4. The van der Waals surface area contributed by atoms with Gasteiger partial charge in [0.2, 0.25) is 5.82 Å². The van der Waals surface area contributed by atoms with Gasteiger partial charge in [-0.15, -0.1) is 0 Å². The van der Waals surface area contributed by atoms with Crippen LogP contribution in [0.4, 0.5) is 0 Å². The molecule has 0 saturated heterocycles. The van der Waals surface area contributed by atoms with Crippen LogP contribution in [0.2, 0.25) is 5.02 Å². The fourth-order valence-corrected chi connectivity index (χ4v) is 1.87. The van der Waals surface area contributed by atoms with Gasteiger partial charge in [-0.05, 0) is 6.92 Å². The standard InChI is InChI=1S/C11H11ClN4O2/c1-6-7(9-8(12)5-14-16(9)2)4-13-10(15-6)11(17)18-3/h4-5H,1-3H3. The van der Waals surface area contributed by atoms with Gasteiger partial charge >= 0.3 is 5.97 Å². The summed E-state index contributed by atoms with van der Waals surface area (Å²) < 4.78 is 6.19. The number of aryl methyl sites for hydroxylation is 2. The molecule has 2 rings (SSSR count). The first kappa shape index (κ1) is 12.5. The van der Waals surface area contributed by atoms with Crippen molar-refractivity contribution in [2.45, 2.75) is 6.92 Å². The average Bonchev–Trinajstić information content (AvgIpc) is 2.68. The van der Waals surface area contributed by atoms with Crippen LogP contribution >= 0.6 is 11.6 Å². The maximum atomic E-state index is 11.3. The molecule has 6 nitrogen and oxygen atoms in total. The lowest BCUT2D eigenvalue weighted by molar-refractivity contribution is 0.0586. The van der Waals surface area contributed by atoms with Gasteiger partial charge in [0.15, 0.2) is 0 Å². The predicted octanol–water partition coefficient (Wildman–Crippen LogP) is 1.63. The van der Waals surface area contributed by atoms with Crippen molar-refractivity contribution in [1.82, 2.24) is 19.7 Å². The van der Waals surface area contributed by atoms with E-state index in [-0.39, 0.29) is 5.82 Å². The Labute approximate surface area is 109 Å². The van der Waals surface area contributed by atoms with E-state index in [9.17, 15) is 4.79 Å². The Balaban J connectivity index is 2.52. The minimum atomic E-state index is -0.569. The number of carbonyl (C=O) groups is 1. The van der Waals surface area contributed by atoms with E-state index in [1.165, 1.54) is 13.3 Å². The summed E-state index contributed by atoms with van der Waals surface area (Å²) >= 11 is 6.05. The van der Waals surface area contributed by atoms with E-state index in [4.69, 9.17) is 11.6 Å². The van der Waals surface area contributed by atoms with E-state index < -0.39 is 5.97 Å².